The van der Waals surface area contributed by atoms with Gasteiger partial charge in [0.25, 0.3) is 5.91 Å². The third kappa shape index (κ3) is 6.27. The molecule has 45 heavy (non-hydrogen) atoms. The van der Waals surface area contributed by atoms with Crippen LogP contribution in [-0.4, -0.2) is 73.6 Å². The van der Waals surface area contributed by atoms with E-state index in [1.807, 2.05) is 0 Å². The Bertz CT molecular complexity index is 1670. The molecule has 14 heteroatoms. The van der Waals surface area contributed by atoms with Gasteiger partial charge in [-0.2, -0.15) is 18.3 Å². The van der Waals surface area contributed by atoms with Gasteiger partial charge in [-0.1, -0.05) is 12.5 Å². The van der Waals surface area contributed by atoms with Gasteiger partial charge in [-0.05, 0) is 67.8 Å². The molecule has 4 heterocycles. The maximum atomic E-state index is 13.3. The Morgan fingerprint density at radius 2 is 1.91 bits per heavy atom. The number of ether oxygens (including phenoxy) is 1. The first-order chi connectivity index (χ1) is 21.5. The number of halogens is 3. The fourth-order valence-electron chi connectivity index (χ4n) is 6.17. The number of benzene rings is 2. The number of carboxylic acids is 1. The van der Waals surface area contributed by atoms with Gasteiger partial charge in [0, 0.05) is 42.9 Å². The van der Waals surface area contributed by atoms with Crippen molar-refractivity contribution in [3.05, 3.63) is 76.6 Å². The summed E-state index contributed by atoms with van der Waals surface area (Å²) in [6, 6.07) is 8.89. The summed E-state index contributed by atoms with van der Waals surface area (Å²) in [4.78, 5) is 52.5. The lowest BCUT2D eigenvalue weighted by atomic mass is 10.0. The first kappa shape index (κ1) is 30.3. The van der Waals surface area contributed by atoms with Crippen LogP contribution in [0.5, 0.6) is 5.75 Å². The van der Waals surface area contributed by atoms with Crippen molar-refractivity contribution in [3.8, 4) is 11.4 Å². The van der Waals surface area contributed by atoms with Crippen molar-refractivity contribution in [2.24, 2.45) is 0 Å². The van der Waals surface area contributed by atoms with Crippen LogP contribution in [0.4, 0.5) is 13.2 Å². The molecule has 2 fully saturated rings. The van der Waals surface area contributed by atoms with Crippen molar-refractivity contribution in [1.82, 2.24) is 24.9 Å². The monoisotopic (exact) mass is 625 g/mol. The van der Waals surface area contributed by atoms with Crippen LogP contribution in [-0.2, 0) is 28.9 Å². The zero-order valence-corrected chi connectivity index (χ0v) is 24.0. The molecule has 236 valence electrons. The second-order valence-electron chi connectivity index (χ2n) is 11.5. The van der Waals surface area contributed by atoms with Crippen LogP contribution in [0.1, 0.15) is 69.6 Å². The van der Waals surface area contributed by atoms with Gasteiger partial charge < -0.3 is 14.7 Å². The Kier molecular flexibility index (Phi) is 8.08. The molecule has 3 aliphatic heterocycles. The van der Waals surface area contributed by atoms with Crippen LogP contribution < -0.4 is 10.1 Å². The Morgan fingerprint density at radius 3 is 2.67 bits per heavy atom. The standard InChI is InChI=1S/C31H30F3N5O6/c32-31(33,34)20-4-3-6-21(13-20)39-16-19(27(36-39)30(43)44)14-37-11-2-1-5-22(37)17-45-23-7-8-24-18(12-23)15-38(29(24)42)25-9-10-26(40)35-28(25)41/h3-4,6-8,12-13,16,22,25H,1-2,5,9-11,14-15,17H2,(H,43,44)(H,35,40,41)/t22-,25?/m1/s1. The summed E-state index contributed by atoms with van der Waals surface area (Å²) in [5.74, 6) is -1.84. The highest BCUT2D eigenvalue weighted by atomic mass is 19.4. The number of nitrogens with zero attached hydrogens (tertiary/aromatic N) is 4. The van der Waals surface area contributed by atoms with E-state index in [0.717, 1.165) is 41.6 Å². The molecule has 2 saturated heterocycles. The molecule has 11 nitrogen and oxygen atoms in total. The number of carbonyl (C=O) groups is 4. The molecule has 2 N–H and O–H groups in total. The van der Waals surface area contributed by atoms with Gasteiger partial charge in [-0.3, -0.25) is 24.6 Å². The Hall–Kier alpha value is -4.72. The fraction of sp³-hybridized carbons (Fsp3) is 0.387. The van der Waals surface area contributed by atoms with E-state index >= 15 is 0 Å². The molecule has 0 bridgehead atoms. The smallest absolute Gasteiger partial charge is 0.416 e. The van der Waals surface area contributed by atoms with Gasteiger partial charge in [0.2, 0.25) is 11.8 Å². The quantitative estimate of drug-likeness (QED) is 0.362. The van der Waals surface area contributed by atoms with Crippen molar-refractivity contribution in [1.29, 1.82) is 0 Å². The number of likely N-dealkylation sites (tertiary alicyclic amines) is 1. The lowest BCUT2D eigenvalue weighted by molar-refractivity contribution is -0.138. The number of piperidine rings is 2. The van der Waals surface area contributed by atoms with Crippen LogP contribution in [0, 0.1) is 0 Å². The molecule has 3 aliphatic rings. The van der Waals surface area contributed by atoms with Crippen LogP contribution in [0.2, 0.25) is 0 Å². The number of carbonyl (C=O) groups excluding carboxylic acids is 3. The second-order valence-corrected chi connectivity index (χ2v) is 11.5. The van der Waals surface area contributed by atoms with E-state index < -0.39 is 29.7 Å². The Labute approximate surface area is 255 Å². The van der Waals surface area contributed by atoms with E-state index in [1.165, 1.54) is 23.2 Å². The lowest BCUT2D eigenvalue weighted by Gasteiger charge is -2.35. The molecule has 2 aromatic carbocycles. The minimum atomic E-state index is -4.55. The van der Waals surface area contributed by atoms with Crippen molar-refractivity contribution in [2.45, 2.75) is 63.5 Å². The van der Waals surface area contributed by atoms with Gasteiger partial charge in [-0.25, -0.2) is 9.48 Å². The normalized spacial score (nSPS) is 20.7. The van der Waals surface area contributed by atoms with E-state index in [2.05, 4.69) is 15.3 Å². The molecule has 1 aromatic heterocycles. The number of nitrogens with one attached hydrogen (secondary N) is 1. The fourth-order valence-corrected chi connectivity index (χ4v) is 6.17. The van der Waals surface area contributed by atoms with Crippen molar-refractivity contribution in [2.75, 3.05) is 13.2 Å². The molecular formula is C31H30F3N5O6. The van der Waals surface area contributed by atoms with Crippen LogP contribution >= 0.6 is 0 Å². The molecule has 3 amide bonds. The third-order valence-electron chi connectivity index (χ3n) is 8.49. The summed E-state index contributed by atoms with van der Waals surface area (Å²) in [5.41, 5.74) is 0.573. The predicted octanol–water partition coefficient (Wildman–Crippen LogP) is 3.78. The number of hydrogen-bond donors (Lipinski definition) is 2. The molecule has 0 spiro atoms. The molecule has 0 saturated carbocycles. The van der Waals surface area contributed by atoms with Crippen molar-refractivity contribution < 1.29 is 42.2 Å². The molecule has 2 atom stereocenters. The first-order valence-electron chi connectivity index (χ1n) is 14.6. The lowest BCUT2D eigenvalue weighted by Crippen LogP contribution is -2.52. The largest absolute Gasteiger partial charge is 0.492 e. The third-order valence-corrected chi connectivity index (χ3v) is 8.49. The number of amides is 3. The minimum Gasteiger partial charge on any atom is -0.492 e. The molecule has 1 unspecified atom stereocenters. The van der Waals surface area contributed by atoms with Crippen molar-refractivity contribution in [3.63, 3.8) is 0 Å². The average Bonchev–Trinajstić information content (AvgIpc) is 3.57. The minimum absolute atomic E-state index is 0.0767. The maximum absolute atomic E-state index is 13.3. The van der Waals surface area contributed by atoms with E-state index in [0.29, 0.717) is 23.4 Å². The van der Waals surface area contributed by atoms with Gasteiger partial charge in [0.05, 0.1) is 11.3 Å². The van der Waals surface area contributed by atoms with Gasteiger partial charge in [0.15, 0.2) is 5.69 Å². The highest BCUT2D eigenvalue weighted by Crippen LogP contribution is 2.32. The number of alkyl halides is 3. The van der Waals surface area contributed by atoms with Crippen LogP contribution in [0.15, 0.2) is 48.7 Å². The van der Waals surface area contributed by atoms with Gasteiger partial charge in [0.1, 0.15) is 18.4 Å². The number of fused-ring (bicyclic) bond motifs is 1. The number of imide groups is 1. The van der Waals surface area contributed by atoms with Crippen LogP contribution in [0.3, 0.4) is 0 Å². The Morgan fingerprint density at radius 1 is 1.09 bits per heavy atom. The number of carboxylic acid groups (broad SMARTS) is 1. The topological polar surface area (TPSA) is 134 Å². The Balaban J connectivity index is 1.14. The average molecular weight is 626 g/mol. The molecule has 6 rings (SSSR count). The summed E-state index contributed by atoms with van der Waals surface area (Å²) in [5, 5.41) is 16.2. The van der Waals surface area contributed by atoms with E-state index in [1.54, 1.807) is 18.2 Å². The van der Waals surface area contributed by atoms with Crippen LogP contribution in [0.25, 0.3) is 5.69 Å². The number of hydrogen-bond acceptors (Lipinski definition) is 7. The summed E-state index contributed by atoms with van der Waals surface area (Å²) in [6.45, 7) is 1.39. The van der Waals surface area contributed by atoms with Crippen molar-refractivity contribution >= 4 is 23.7 Å². The zero-order chi connectivity index (χ0) is 31.9. The SMILES string of the molecule is O=C1CCC(N2Cc3cc(OC[C@H]4CCCCN4Cc4cn(-c5cccc(C(F)(F)F)c5)nc4C(=O)O)ccc3C2=O)C(=O)N1. The number of rotatable bonds is 8. The number of aromatic nitrogens is 2. The van der Waals surface area contributed by atoms with Gasteiger partial charge >= 0.3 is 12.1 Å². The predicted molar refractivity (Wildman–Crippen MR) is 152 cm³/mol. The summed E-state index contributed by atoms with van der Waals surface area (Å²) < 4.78 is 47.1. The number of aromatic carboxylic acids is 1. The first-order valence-corrected chi connectivity index (χ1v) is 14.6. The summed E-state index contributed by atoms with van der Waals surface area (Å²) in [6.07, 6.45) is -0.0360. The molecule has 3 aromatic rings. The second kappa shape index (κ2) is 12.0. The molecular weight excluding hydrogens is 595 g/mol. The summed E-state index contributed by atoms with van der Waals surface area (Å²) >= 11 is 0. The van der Waals surface area contributed by atoms with E-state index in [-0.39, 0.29) is 61.8 Å². The summed E-state index contributed by atoms with van der Waals surface area (Å²) in [7, 11) is 0. The maximum Gasteiger partial charge on any atom is 0.416 e. The molecule has 0 radical (unpaired) electrons. The zero-order valence-electron chi connectivity index (χ0n) is 24.0. The molecule has 0 aliphatic carbocycles. The van der Waals surface area contributed by atoms with E-state index in [9.17, 15) is 37.5 Å². The highest BCUT2D eigenvalue weighted by molar-refractivity contribution is 6.05. The van der Waals surface area contributed by atoms with Gasteiger partial charge in [-0.15, -0.1) is 0 Å². The highest BCUT2D eigenvalue weighted by Gasteiger charge is 2.39. The van der Waals surface area contributed by atoms with E-state index in [4.69, 9.17) is 4.74 Å².